The third-order valence-corrected chi connectivity index (χ3v) is 4.64. The predicted molar refractivity (Wildman–Crippen MR) is 80.8 cm³/mol. The molecule has 9 heteroatoms. The number of hydrogen-bond donors (Lipinski definition) is 2. The number of aliphatic hydroxyl groups excluding tert-OH is 1. The SMILES string of the molecule is COc1cc(NS(=O)(=O)c2cnn(CCO)c2)ccc1Br. The Morgan fingerprint density at radius 1 is 1.48 bits per heavy atom. The maximum atomic E-state index is 12.2. The first-order valence-corrected chi connectivity index (χ1v) is 8.23. The first-order chi connectivity index (χ1) is 9.96. The zero-order chi connectivity index (χ0) is 15.5. The summed E-state index contributed by atoms with van der Waals surface area (Å²) in [4.78, 5) is 0.0258. The predicted octanol–water partition coefficient (Wildman–Crippen LogP) is 1.45. The van der Waals surface area contributed by atoms with Crippen LogP contribution in [0.25, 0.3) is 0 Å². The van der Waals surface area contributed by atoms with Crippen molar-refractivity contribution in [3.05, 3.63) is 35.1 Å². The molecule has 0 saturated carbocycles. The first-order valence-electron chi connectivity index (χ1n) is 5.96. The molecule has 0 bridgehead atoms. The molecule has 0 aliphatic heterocycles. The van der Waals surface area contributed by atoms with E-state index in [1.165, 1.54) is 24.2 Å². The van der Waals surface area contributed by atoms with Crippen LogP contribution in [0.2, 0.25) is 0 Å². The Kier molecular flexibility index (Phi) is 4.86. The van der Waals surface area contributed by atoms with Crippen LogP contribution in [0, 0.1) is 0 Å². The summed E-state index contributed by atoms with van der Waals surface area (Å²) >= 11 is 3.30. The van der Waals surface area contributed by atoms with Crippen LogP contribution in [-0.2, 0) is 16.6 Å². The molecule has 0 aliphatic carbocycles. The van der Waals surface area contributed by atoms with Crippen LogP contribution in [0.1, 0.15) is 0 Å². The molecule has 1 heterocycles. The molecule has 0 fully saturated rings. The third kappa shape index (κ3) is 3.74. The van der Waals surface area contributed by atoms with Crippen molar-refractivity contribution in [2.75, 3.05) is 18.4 Å². The minimum Gasteiger partial charge on any atom is -0.495 e. The third-order valence-electron chi connectivity index (χ3n) is 2.65. The van der Waals surface area contributed by atoms with Crippen LogP contribution in [0.3, 0.4) is 0 Å². The lowest BCUT2D eigenvalue weighted by Gasteiger charge is -2.09. The summed E-state index contributed by atoms with van der Waals surface area (Å²) in [5.41, 5.74) is 0.380. The molecule has 7 nitrogen and oxygen atoms in total. The maximum Gasteiger partial charge on any atom is 0.265 e. The highest BCUT2D eigenvalue weighted by atomic mass is 79.9. The number of hydrogen-bond acceptors (Lipinski definition) is 5. The molecule has 0 radical (unpaired) electrons. The standard InChI is InChI=1S/C12H14BrN3O4S/c1-20-12-6-9(2-3-11(12)13)15-21(18,19)10-7-14-16(8-10)4-5-17/h2-3,6-8,15,17H,4-5H2,1H3. The summed E-state index contributed by atoms with van der Waals surface area (Å²) in [6.45, 7) is 0.125. The van der Waals surface area contributed by atoms with Crippen molar-refractivity contribution in [3.8, 4) is 5.75 Å². The molecule has 2 N–H and O–H groups in total. The van der Waals surface area contributed by atoms with Gasteiger partial charge in [-0.15, -0.1) is 0 Å². The monoisotopic (exact) mass is 375 g/mol. The van der Waals surface area contributed by atoms with Gasteiger partial charge in [-0.25, -0.2) is 8.42 Å². The molecule has 2 aromatic rings. The molecule has 0 amide bonds. The molecule has 0 aliphatic rings. The van der Waals surface area contributed by atoms with Gasteiger partial charge >= 0.3 is 0 Å². The van der Waals surface area contributed by atoms with E-state index < -0.39 is 10.0 Å². The second-order valence-corrected chi connectivity index (χ2v) is 6.65. The molecule has 1 aromatic heterocycles. The number of nitrogens with one attached hydrogen (secondary N) is 1. The Bertz CT molecular complexity index is 730. The number of sulfonamides is 1. The minimum absolute atomic E-state index is 0.0258. The summed E-state index contributed by atoms with van der Waals surface area (Å²) in [7, 11) is -2.24. The molecule has 0 spiro atoms. The fraction of sp³-hybridized carbons (Fsp3) is 0.250. The summed E-state index contributed by atoms with van der Waals surface area (Å²) in [6, 6.07) is 4.87. The van der Waals surface area contributed by atoms with E-state index in [0.29, 0.717) is 11.4 Å². The van der Waals surface area contributed by atoms with E-state index in [-0.39, 0.29) is 18.0 Å². The van der Waals surface area contributed by atoms with E-state index >= 15 is 0 Å². The Labute approximate surface area is 130 Å². The van der Waals surface area contributed by atoms with Crippen molar-refractivity contribution in [1.29, 1.82) is 0 Å². The molecule has 1 aromatic carbocycles. The molecule has 21 heavy (non-hydrogen) atoms. The van der Waals surface area contributed by atoms with E-state index in [4.69, 9.17) is 9.84 Å². The number of methoxy groups -OCH3 is 1. The Hall–Kier alpha value is -1.58. The van der Waals surface area contributed by atoms with Crippen LogP contribution in [0.4, 0.5) is 5.69 Å². The van der Waals surface area contributed by atoms with Crippen molar-refractivity contribution in [1.82, 2.24) is 9.78 Å². The van der Waals surface area contributed by atoms with E-state index in [9.17, 15) is 8.42 Å². The van der Waals surface area contributed by atoms with Gasteiger partial charge < -0.3 is 9.84 Å². The van der Waals surface area contributed by atoms with E-state index in [0.717, 1.165) is 4.47 Å². The molecular formula is C12H14BrN3O4S. The van der Waals surface area contributed by atoms with Crippen LogP contribution in [-0.4, -0.2) is 37.0 Å². The molecular weight excluding hydrogens is 362 g/mol. The van der Waals surface area contributed by atoms with Gasteiger partial charge in [-0.2, -0.15) is 5.10 Å². The average Bonchev–Trinajstić information content (AvgIpc) is 2.91. The second-order valence-electron chi connectivity index (χ2n) is 4.12. The van der Waals surface area contributed by atoms with Gasteiger partial charge in [-0.05, 0) is 28.1 Å². The van der Waals surface area contributed by atoms with Gasteiger partial charge in [-0.3, -0.25) is 9.40 Å². The number of aromatic nitrogens is 2. The summed E-state index contributed by atoms with van der Waals surface area (Å²) in [5.74, 6) is 0.520. The van der Waals surface area contributed by atoms with Crippen molar-refractivity contribution < 1.29 is 18.3 Å². The minimum atomic E-state index is -3.73. The lowest BCUT2D eigenvalue weighted by atomic mass is 10.3. The first kappa shape index (κ1) is 15.8. The van der Waals surface area contributed by atoms with E-state index in [1.54, 1.807) is 18.2 Å². The lowest BCUT2D eigenvalue weighted by molar-refractivity contribution is 0.269. The highest BCUT2D eigenvalue weighted by Crippen LogP contribution is 2.28. The lowest BCUT2D eigenvalue weighted by Crippen LogP contribution is -2.12. The molecule has 0 saturated heterocycles. The van der Waals surface area contributed by atoms with Gasteiger partial charge in [0.1, 0.15) is 10.6 Å². The molecule has 0 unspecified atom stereocenters. The number of benzene rings is 1. The van der Waals surface area contributed by atoms with Crippen molar-refractivity contribution >= 4 is 31.6 Å². The zero-order valence-corrected chi connectivity index (χ0v) is 13.6. The number of anilines is 1. The van der Waals surface area contributed by atoms with Gasteiger partial charge in [0.25, 0.3) is 10.0 Å². The Morgan fingerprint density at radius 2 is 2.24 bits per heavy atom. The van der Waals surface area contributed by atoms with E-state index in [2.05, 4.69) is 25.8 Å². The van der Waals surface area contributed by atoms with Crippen LogP contribution >= 0.6 is 15.9 Å². The van der Waals surface area contributed by atoms with Crippen LogP contribution in [0.5, 0.6) is 5.75 Å². The largest absolute Gasteiger partial charge is 0.495 e. The average molecular weight is 376 g/mol. The summed E-state index contributed by atoms with van der Waals surface area (Å²) in [5, 5.41) is 12.7. The van der Waals surface area contributed by atoms with Gasteiger partial charge in [0.05, 0.1) is 36.6 Å². The zero-order valence-electron chi connectivity index (χ0n) is 11.2. The van der Waals surface area contributed by atoms with Crippen LogP contribution < -0.4 is 9.46 Å². The quantitative estimate of drug-likeness (QED) is 0.796. The second kappa shape index (κ2) is 6.46. The van der Waals surface area contributed by atoms with Crippen molar-refractivity contribution in [2.24, 2.45) is 0 Å². The number of ether oxygens (including phenoxy) is 1. The van der Waals surface area contributed by atoms with Crippen LogP contribution in [0.15, 0.2) is 40.0 Å². The normalized spacial score (nSPS) is 11.4. The number of nitrogens with zero attached hydrogens (tertiary/aromatic N) is 2. The number of aliphatic hydroxyl groups is 1. The highest BCUT2D eigenvalue weighted by Gasteiger charge is 2.17. The fourth-order valence-electron chi connectivity index (χ4n) is 1.65. The Balaban J connectivity index is 2.24. The smallest absolute Gasteiger partial charge is 0.265 e. The molecule has 2 rings (SSSR count). The highest BCUT2D eigenvalue weighted by molar-refractivity contribution is 9.10. The van der Waals surface area contributed by atoms with Crippen molar-refractivity contribution in [2.45, 2.75) is 11.4 Å². The Morgan fingerprint density at radius 3 is 2.90 bits per heavy atom. The molecule has 0 atom stereocenters. The van der Waals surface area contributed by atoms with E-state index in [1.807, 2.05) is 0 Å². The fourth-order valence-corrected chi connectivity index (χ4v) is 3.06. The number of rotatable bonds is 6. The van der Waals surface area contributed by atoms with Gasteiger partial charge in [-0.1, -0.05) is 0 Å². The summed E-state index contributed by atoms with van der Waals surface area (Å²) < 4.78 is 34.1. The topological polar surface area (TPSA) is 93.5 Å². The molecule has 114 valence electrons. The summed E-state index contributed by atoms with van der Waals surface area (Å²) in [6.07, 6.45) is 2.59. The van der Waals surface area contributed by atoms with Gasteiger partial charge in [0.2, 0.25) is 0 Å². The number of halogens is 1. The van der Waals surface area contributed by atoms with Gasteiger partial charge in [0, 0.05) is 12.3 Å². The van der Waals surface area contributed by atoms with Gasteiger partial charge in [0.15, 0.2) is 0 Å². The maximum absolute atomic E-state index is 12.2. The van der Waals surface area contributed by atoms with Crippen molar-refractivity contribution in [3.63, 3.8) is 0 Å².